The Morgan fingerprint density at radius 2 is 1.83 bits per heavy atom. The molecule has 1 heterocycles. The summed E-state index contributed by atoms with van der Waals surface area (Å²) in [5, 5.41) is 20.5. The van der Waals surface area contributed by atoms with Crippen molar-refractivity contribution in [1.29, 1.82) is 0 Å². The van der Waals surface area contributed by atoms with E-state index in [4.69, 9.17) is 18.9 Å². The summed E-state index contributed by atoms with van der Waals surface area (Å²) in [6, 6.07) is 0. The Morgan fingerprint density at radius 3 is 2.38 bits per heavy atom. The third-order valence-electron chi connectivity index (χ3n) is 3.92. The molecule has 24 heavy (non-hydrogen) atoms. The highest BCUT2D eigenvalue weighted by molar-refractivity contribution is 5.66. The molecule has 0 aromatic carbocycles. The summed E-state index contributed by atoms with van der Waals surface area (Å²) < 4.78 is 22.0. The number of aliphatic hydroxyl groups is 2. The lowest BCUT2D eigenvalue weighted by atomic mass is 9.99. The molecule has 1 aliphatic rings. The average Bonchev–Trinajstić information content (AvgIpc) is 2.52. The maximum atomic E-state index is 11.3. The van der Waals surface area contributed by atoms with Crippen LogP contribution in [0.2, 0.25) is 0 Å². The van der Waals surface area contributed by atoms with Crippen molar-refractivity contribution in [2.45, 2.75) is 71.7 Å². The first-order chi connectivity index (χ1) is 11.3. The topological polar surface area (TPSA) is 94.5 Å². The fraction of sp³-hybridized carbons (Fsp3) is 0.941. The van der Waals surface area contributed by atoms with E-state index in [1.165, 1.54) is 6.92 Å². The van der Waals surface area contributed by atoms with Gasteiger partial charge in [-0.05, 0) is 11.8 Å². The average molecular weight is 348 g/mol. The number of ether oxygens (including phenoxy) is 4. The molecule has 1 saturated heterocycles. The van der Waals surface area contributed by atoms with E-state index in [2.05, 4.69) is 13.8 Å². The maximum absolute atomic E-state index is 11.3. The first-order valence-corrected chi connectivity index (χ1v) is 8.64. The van der Waals surface area contributed by atoms with Gasteiger partial charge in [-0.3, -0.25) is 4.79 Å². The number of rotatable bonds is 9. The van der Waals surface area contributed by atoms with Gasteiger partial charge >= 0.3 is 5.97 Å². The van der Waals surface area contributed by atoms with Gasteiger partial charge in [-0.2, -0.15) is 0 Å². The molecular weight excluding hydrogens is 316 g/mol. The van der Waals surface area contributed by atoms with Crippen molar-refractivity contribution in [1.82, 2.24) is 0 Å². The van der Waals surface area contributed by atoms with Crippen LogP contribution in [0, 0.1) is 11.8 Å². The molecule has 0 amide bonds. The normalized spacial score (nSPS) is 31.9. The van der Waals surface area contributed by atoms with Crippen molar-refractivity contribution < 1.29 is 34.0 Å². The van der Waals surface area contributed by atoms with E-state index in [1.807, 2.05) is 13.8 Å². The van der Waals surface area contributed by atoms with Crippen molar-refractivity contribution in [3.63, 3.8) is 0 Å². The number of carbonyl (C=O) groups excluding carboxylic acids is 1. The minimum absolute atomic E-state index is 0.136. The summed E-state index contributed by atoms with van der Waals surface area (Å²) in [6.45, 7) is 10.4. The van der Waals surface area contributed by atoms with Crippen LogP contribution in [-0.2, 0) is 23.7 Å². The predicted octanol–water partition coefficient (Wildman–Crippen LogP) is 1.10. The van der Waals surface area contributed by atoms with E-state index < -0.39 is 36.7 Å². The largest absolute Gasteiger partial charge is 0.454 e. The molecule has 7 nitrogen and oxygen atoms in total. The van der Waals surface area contributed by atoms with Crippen LogP contribution in [-0.4, -0.2) is 66.7 Å². The van der Waals surface area contributed by atoms with E-state index in [9.17, 15) is 15.0 Å². The molecule has 0 saturated carbocycles. The SMILES string of the molecule is CCC(C)COCC1OC(OCC(C)C)C(OC(C)=O)C(O)C1O. The van der Waals surface area contributed by atoms with Crippen LogP contribution in [0.1, 0.15) is 41.0 Å². The van der Waals surface area contributed by atoms with Crippen LogP contribution in [0.4, 0.5) is 0 Å². The first kappa shape index (κ1) is 21.3. The standard InChI is InChI=1S/C17H32O7/c1-6-11(4)8-21-9-13-14(19)15(20)16(23-12(5)18)17(24-13)22-7-10(2)3/h10-11,13-17,19-20H,6-9H2,1-5H3. The van der Waals surface area contributed by atoms with Crippen LogP contribution in [0.5, 0.6) is 0 Å². The van der Waals surface area contributed by atoms with E-state index in [0.29, 0.717) is 19.1 Å². The second-order valence-corrected chi connectivity index (χ2v) is 6.88. The van der Waals surface area contributed by atoms with E-state index in [1.54, 1.807) is 0 Å². The lowest BCUT2D eigenvalue weighted by Gasteiger charge is -2.41. The van der Waals surface area contributed by atoms with E-state index in [0.717, 1.165) is 6.42 Å². The number of hydrogen-bond acceptors (Lipinski definition) is 7. The lowest BCUT2D eigenvalue weighted by molar-refractivity contribution is -0.307. The van der Waals surface area contributed by atoms with Crippen LogP contribution >= 0.6 is 0 Å². The fourth-order valence-electron chi connectivity index (χ4n) is 2.28. The van der Waals surface area contributed by atoms with Crippen molar-refractivity contribution in [3.05, 3.63) is 0 Å². The van der Waals surface area contributed by atoms with Gasteiger partial charge in [0.15, 0.2) is 12.4 Å². The van der Waals surface area contributed by atoms with Crippen molar-refractivity contribution in [3.8, 4) is 0 Å². The smallest absolute Gasteiger partial charge is 0.303 e. The quantitative estimate of drug-likeness (QED) is 0.603. The summed E-state index contributed by atoms with van der Waals surface area (Å²) in [7, 11) is 0. The van der Waals surface area contributed by atoms with Crippen LogP contribution in [0.3, 0.4) is 0 Å². The van der Waals surface area contributed by atoms with Gasteiger partial charge < -0.3 is 29.2 Å². The Kier molecular flexibility index (Phi) is 9.15. The minimum Gasteiger partial charge on any atom is -0.454 e. The monoisotopic (exact) mass is 348 g/mol. The second kappa shape index (κ2) is 10.3. The second-order valence-electron chi connectivity index (χ2n) is 6.88. The molecule has 2 N–H and O–H groups in total. The van der Waals surface area contributed by atoms with Crippen LogP contribution in [0.15, 0.2) is 0 Å². The maximum Gasteiger partial charge on any atom is 0.303 e. The highest BCUT2D eigenvalue weighted by Crippen LogP contribution is 2.25. The summed E-state index contributed by atoms with van der Waals surface area (Å²) in [5.74, 6) is 0.0765. The van der Waals surface area contributed by atoms with Gasteiger partial charge in [-0.25, -0.2) is 0 Å². The zero-order chi connectivity index (χ0) is 18.3. The molecule has 0 spiro atoms. The Labute approximate surface area is 144 Å². The molecule has 7 heteroatoms. The number of hydrogen-bond donors (Lipinski definition) is 2. The Morgan fingerprint density at radius 1 is 1.17 bits per heavy atom. The van der Waals surface area contributed by atoms with Crippen LogP contribution in [0.25, 0.3) is 0 Å². The molecule has 0 aromatic heterocycles. The number of carbonyl (C=O) groups is 1. The minimum atomic E-state index is -1.29. The first-order valence-electron chi connectivity index (χ1n) is 8.64. The molecule has 0 radical (unpaired) electrons. The van der Waals surface area contributed by atoms with Crippen LogP contribution < -0.4 is 0 Å². The number of esters is 1. The molecule has 6 unspecified atom stereocenters. The van der Waals surface area contributed by atoms with Crippen molar-refractivity contribution in [2.24, 2.45) is 11.8 Å². The Balaban J connectivity index is 2.70. The zero-order valence-corrected chi connectivity index (χ0v) is 15.3. The van der Waals surface area contributed by atoms with Gasteiger partial charge in [0.05, 0.1) is 13.2 Å². The molecular formula is C17H32O7. The molecule has 0 aliphatic carbocycles. The molecule has 0 bridgehead atoms. The van der Waals surface area contributed by atoms with Gasteiger partial charge in [0, 0.05) is 13.5 Å². The molecule has 142 valence electrons. The van der Waals surface area contributed by atoms with Gasteiger partial charge in [-0.1, -0.05) is 34.1 Å². The molecule has 1 rings (SSSR count). The number of aliphatic hydroxyl groups excluding tert-OH is 2. The third kappa shape index (κ3) is 6.64. The van der Waals surface area contributed by atoms with Gasteiger partial charge in [0.2, 0.25) is 0 Å². The summed E-state index contributed by atoms with van der Waals surface area (Å²) in [6.07, 6.45) is -4.27. The summed E-state index contributed by atoms with van der Waals surface area (Å²) in [5.41, 5.74) is 0. The van der Waals surface area contributed by atoms with Crippen molar-refractivity contribution in [2.75, 3.05) is 19.8 Å². The zero-order valence-electron chi connectivity index (χ0n) is 15.3. The lowest BCUT2D eigenvalue weighted by Crippen LogP contribution is -2.60. The van der Waals surface area contributed by atoms with Gasteiger partial charge in [-0.15, -0.1) is 0 Å². The van der Waals surface area contributed by atoms with Gasteiger partial charge in [0.25, 0.3) is 0 Å². The highest BCUT2D eigenvalue weighted by atomic mass is 16.7. The predicted molar refractivity (Wildman–Crippen MR) is 87.3 cm³/mol. The molecule has 1 fully saturated rings. The highest BCUT2D eigenvalue weighted by Gasteiger charge is 2.47. The summed E-state index contributed by atoms with van der Waals surface area (Å²) >= 11 is 0. The molecule has 0 aromatic rings. The van der Waals surface area contributed by atoms with Crippen molar-refractivity contribution >= 4 is 5.97 Å². The molecule has 6 atom stereocenters. The Hall–Kier alpha value is -0.730. The third-order valence-corrected chi connectivity index (χ3v) is 3.92. The van der Waals surface area contributed by atoms with E-state index >= 15 is 0 Å². The van der Waals surface area contributed by atoms with Gasteiger partial charge in [0.1, 0.15) is 18.3 Å². The summed E-state index contributed by atoms with van der Waals surface area (Å²) in [4.78, 5) is 11.3. The Bertz CT molecular complexity index is 374. The fourth-order valence-corrected chi connectivity index (χ4v) is 2.28. The molecule has 1 aliphatic heterocycles. The van der Waals surface area contributed by atoms with E-state index in [-0.39, 0.29) is 12.5 Å².